The van der Waals surface area contributed by atoms with Gasteiger partial charge in [-0.05, 0) is 13.3 Å². The summed E-state index contributed by atoms with van der Waals surface area (Å²) < 4.78 is 0. The second-order valence-electron chi connectivity index (χ2n) is 3.40. The van der Waals surface area contributed by atoms with Gasteiger partial charge in [0.05, 0.1) is 0 Å². The summed E-state index contributed by atoms with van der Waals surface area (Å²) in [6, 6.07) is 0.357. The van der Waals surface area contributed by atoms with Crippen LogP contribution in [0.2, 0.25) is 0 Å². The van der Waals surface area contributed by atoms with E-state index in [1.165, 1.54) is 5.01 Å². The van der Waals surface area contributed by atoms with Gasteiger partial charge in [-0.3, -0.25) is 9.59 Å². The average Bonchev–Trinajstić information content (AvgIpc) is 2.33. The molecule has 1 unspecified atom stereocenters. The summed E-state index contributed by atoms with van der Waals surface area (Å²) in [7, 11) is 0. The van der Waals surface area contributed by atoms with E-state index in [-0.39, 0.29) is 11.8 Å². The fourth-order valence-corrected chi connectivity index (χ4v) is 1.65. The van der Waals surface area contributed by atoms with Crippen LogP contribution in [0.4, 0.5) is 0 Å². The van der Waals surface area contributed by atoms with Crippen molar-refractivity contribution in [2.24, 2.45) is 0 Å². The molecule has 0 radical (unpaired) electrons. The molecule has 0 aromatic rings. The Bertz CT molecular complexity index is 223. The molecule has 66 valence electrons. The zero-order chi connectivity index (χ0) is 8.72. The van der Waals surface area contributed by atoms with Crippen LogP contribution in [0.1, 0.15) is 26.2 Å². The first-order valence-corrected chi connectivity index (χ1v) is 4.32. The lowest BCUT2D eigenvalue weighted by Gasteiger charge is -2.42. The van der Waals surface area contributed by atoms with Crippen molar-refractivity contribution in [3.63, 3.8) is 0 Å². The second kappa shape index (κ2) is 2.55. The molecule has 12 heavy (non-hydrogen) atoms. The van der Waals surface area contributed by atoms with E-state index in [0.717, 1.165) is 13.0 Å². The molecule has 0 bridgehead atoms. The first-order chi connectivity index (χ1) is 5.70. The van der Waals surface area contributed by atoms with Gasteiger partial charge in [-0.15, -0.1) is 0 Å². The molecule has 2 aliphatic heterocycles. The van der Waals surface area contributed by atoms with Crippen LogP contribution >= 0.6 is 0 Å². The van der Waals surface area contributed by atoms with Crippen LogP contribution in [0.3, 0.4) is 0 Å². The molecule has 0 saturated carbocycles. The van der Waals surface area contributed by atoms with Crippen LogP contribution in [-0.4, -0.2) is 34.4 Å². The number of hydrogen-bond donors (Lipinski definition) is 0. The molecule has 2 heterocycles. The predicted octanol–water partition coefficient (Wildman–Crippen LogP) is 0.145. The summed E-state index contributed by atoms with van der Waals surface area (Å²) in [6.45, 7) is 2.88. The number of rotatable bonds is 1. The third-order valence-electron chi connectivity index (χ3n) is 2.57. The van der Waals surface area contributed by atoms with E-state index in [1.807, 2.05) is 11.9 Å². The van der Waals surface area contributed by atoms with Gasteiger partial charge in [0, 0.05) is 25.4 Å². The molecule has 0 aromatic carbocycles. The van der Waals surface area contributed by atoms with Crippen LogP contribution in [0.15, 0.2) is 0 Å². The molecule has 0 aromatic heterocycles. The van der Waals surface area contributed by atoms with E-state index < -0.39 is 0 Å². The van der Waals surface area contributed by atoms with Crippen molar-refractivity contribution in [3.8, 4) is 0 Å². The highest BCUT2D eigenvalue weighted by Gasteiger charge is 2.39. The van der Waals surface area contributed by atoms with Crippen LogP contribution in [0.5, 0.6) is 0 Å². The summed E-state index contributed by atoms with van der Waals surface area (Å²) in [6.07, 6.45) is 1.86. The Hall–Kier alpha value is -0.900. The monoisotopic (exact) mass is 168 g/mol. The van der Waals surface area contributed by atoms with Crippen molar-refractivity contribution in [1.29, 1.82) is 0 Å². The Morgan fingerprint density at radius 2 is 1.83 bits per heavy atom. The first kappa shape index (κ1) is 7.73. The molecule has 2 saturated heterocycles. The Balaban J connectivity index is 2.11. The Morgan fingerprint density at radius 3 is 2.17 bits per heavy atom. The molecule has 0 aliphatic carbocycles. The first-order valence-electron chi connectivity index (χ1n) is 4.32. The van der Waals surface area contributed by atoms with Crippen LogP contribution in [0.25, 0.3) is 0 Å². The van der Waals surface area contributed by atoms with E-state index in [2.05, 4.69) is 0 Å². The highest BCUT2D eigenvalue weighted by Crippen LogP contribution is 2.24. The van der Waals surface area contributed by atoms with Gasteiger partial charge in [0.1, 0.15) is 0 Å². The minimum Gasteiger partial charge on any atom is -0.273 e. The molecule has 1 atom stereocenters. The number of hydrazine groups is 1. The van der Waals surface area contributed by atoms with Crippen molar-refractivity contribution in [1.82, 2.24) is 10.0 Å². The molecule has 2 aliphatic rings. The molecule has 0 spiro atoms. The maximum atomic E-state index is 11.2. The highest BCUT2D eigenvalue weighted by atomic mass is 16.2. The molecule has 0 N–H and O–H groups in total. The number of carbonyl (C=O) groups excluding carboxylic acids is 2. The van der Waals surface area contributed by atoms with E-state index in [1.54, 1.807) is 0 Å². The topological polar surface area (TPSA) is 40.6 Å². The van der Waals surface area contributed by atoms with Crippen LogP contribution in [-0.2, 0) is 9.59 Å². The van der Waals surface area contributed by atoms with Gasteiger partial charge in [0.25, 0.3) is 0 Å². The van der Waals surface area contributed by atoms with Gasteiger partial charge in [-0.1, -0.05) is 0 Å². The summed E-state index contributed by atoms with van der Waals surface area (Å²) in [5.41, 5.74) is 0. The normalized spacial score (nSPS) is 31.1. The Morgan fingerprint density at radius 1 is 1.25 bits per heavy atom. The summed E-state index contributed by atoms with van der Waals surface area (Å²) in [5.74, 6) is -0.0712. The number of carbonyl (C=O) groups is 2. The maximum Gasteiger partial charge on any atom is 0.244 e. The number of imide groups is 1. The fraction of sp³-hybridized carbons (Fsp3) is 0.750. The maximum absolute atomic E-state index is 11.2. The molecule has 2 fully saturated rings. The quantitative estimate of drug-likeness (QED) is 0.523. The van der Waals surface area contributed by atoms with Crippen molar-refractivity contribution in [3.05, 3.63) is 0 Å². The number of nitrogens with zero attached hydrogens (tertiary/aromatic N) is 2. The number of amides is 2. The fourth-order valence-electron chi connectivity index (χ4n) is 1.65. The van der Waals surface area contributed by atoms with Crippen molar-refractivity contribution in [2.45, 2.75) is 32.2 Å². The molecule has 4 heteroatoms. The molecule has 2 rings (SSSR count). The average molecular weight is 168 g/mol. The molecule has 4 nitrogen and oxygen atoms in total. The van der Waals surface area contributed by atoms with Crippen molar-refractivity contribution < 1.29 is 9.59 Å². The molecular weight excluding hydrogens is 156 g/mol. The highest BCUT2D eigenvalue weighted by molar-refractivity contribution is 6.01. The third kappa shape index (κ3) is 0.948. The van der Waals surface area contributed by atoms with Crippen molar-refractivity contribution in [2.75, 3.05) is 6.54 Å². The van der Waals surface area contributed by atoms with Crippen LogP contribution < -0.4 is 0 Å². The van der Waals surface area contributed by atoms with Gasteiger partial charge in [0.15, 0.2) is 0 Å². The van der Waals surface area contributed by atoms with E-state index in [0.29, 0.717) is 18.9 Å². The van der Waals surface area contributed by atoms with Gasteiger partial charge in [0.2, 0.25) is 11.8 Å². The Labute approximate surface area is 71.1 Å². The van der Waals surface area contributed by atoms with Crippen molar-refractivity contribution >= 4 is 11.8 Å². The summed E-state index contributed by atoms with van der Waals surface area (Å²) in [4.78, 5) is 22.5. The smallest absolute Gasteiger partial charge is 0.244 e. The lowest BCUT2D eigenvalue weighted by molar-refractivity contribution is -0.170. The minimum absolute atomic E-state index is 0.0356. The lowest BCUT2D eigenvalue weighted by Crippen LogP contribution is -2.57. The van der Waals surface area contributed by atoms with E-state index in [9.17, 15) is 9.59 Å². The van der Waals surface area contributed by atoms with Gasteiger partial charge in [-0.2, -0.15) is 0 Å². The van der Waals surface area contributed by atoms with E-state index >= 15 is 0 Å². The summed E-state index contributed by atoms with van der Waals surface area (Å²) >= 11 is 0. The SMILES string of the molecule is CC1CCN1N1C(=O)CCC1=O. The zero-order valence-electron chi connectivity index (χ0n) is 7.12. The predicted molar refractivity (Wildman–Crippen MR) is 41.9 cm³/mol. The molecule has 2 amide bonds. The minimum atomic E-state index is -0.0356. The zero-order valence-corrected chi connectivity index (χ0v) is 7.12. The lowest BCUT2D eigenvalue weighted by atomic mass is 10.1. The van der Waals surface area contributed by atoms with Gasteiger partial charge in [-0.25, -0.2) is 10.0 Å². The third-order valence-corrected chi connectivity index (χ3v) is 2.57. The second-order valence-corrected chi connectivity index (χ2v) is 3.40. The largest absolute Gasteiger partial charge is 0.273 e. The van der Waals surface area contributed by atoms with Gasteiger partial charge < -0.3 is 0 Å². The molecular formula is C8H12N2O2. The van der Waals surface area contributed by atoms with E-state index in [4.69, 9.17) is 0 Å². The number of hydrogen-bond acceptors (Lipinski definition) is 3. The standard InChI is InChI=1S/C8H12N2O2/c1-6-4-5-9(6)10-7(11)2-3-8(10)12/h6H,2-5H2,1H3. The summed E-state index contributed by atoms with van der Waals surface area (Å²) in [5, 5.41) is 3.19. The Kier molecular flexibility index (Phi) is 1.65. The van der Waals surface area contributed by atoms with Crippen LogP contribution in [0, 0.1) is 0 Å². The van der Waals surface area contributed by atoms with Gasteiger partial charge >= 0.3 is 0 Å².